The van der Waals surface area contributed by atoms with Crippen LogP contribution in [0, 0.1) is 12.3 Å². The molecule has 138 valence electrons. The number of thioether (sulfide) groups is 1. The lowest BCUT2D eigenvalue weighted by atomic mass is 10.1. The molecule has 1 atom stereocenters. The Labute approximate surface area is 164 Å². The Morgan fingerprint density at radius 2 is 1.88 bits per heavy atom. The van der Waals surface area contributed by atoms with E-state index in [1.165, 1.54) is 11.8 Å². The third-order valence-electron chi connectivity index (χ3n) is 3.37. The molecular weight excluding hydrogens is 368 g/mol. The summed E-state index contributed by atoms with van der Waals surface area (Å²) in [6.45, 7) is 6.88. The average molecular weight is 391 g/mol. The second-order valence-corrected chi connectivity index (χ2v) is 7.95. The fraction of sp³-hybridized carbons (Fsp3) is 0.350. The highest BCUT2D eigenvalue weighted by Crippen LogP contribution is 2.33. The summed E-state index contributed by atoms with van der Waals surface area (Å²) in [6, 6.07) is 9.58. The molecule has 0 saturated heterocycles. The van der Waals surface area contributed by atoms with Gasteiger partial charge in [0.1, 0.15) is 13.2 Å². The van der Waals surface area contributed by atoms with Crippen molar-refractivity contribution in [1.29, 1.82) is 0 Å². The van der Waals surface area contributed by atoms with Crippen LogP contribution >= 0.6 is 24.0 Å². The number of rotatable bonds is 9. The quantitative estimate of drug-likeness (QED) is 0.209. The first kappa shape index (κ1) is 21.9. The van der Waals surface area contributed by atoms with Gasteiger partial charge in [-0.2, -0.15) is 0 Å². The molecule has 0 heterocycles. The molecule has 6 heteroatoms. The second kappa shape index (κ2) is 10.8. The molecule has 0 radical (unpaired) electrons. The normalized spacial score (nSPS) is 12.3. The van der Waals surface area contributed by atoms with Crippen molar-refractivity contribution in [2.75, 3.05) is 13.2 Å². The molecule has 4 nitrogen and oxygen atoms in total. The van der Waals surface area contributed by atoms with Gasteiger partial charge in [0.05, 0.1) is 8.94 Å². The molecule has 0 saturated carbocycles. The van der Waals surface area contributed by atoms with Gasteiger partial charge in [0.15, 0.2) is 0 Å². The van der Waals surface area contributed by atoms with Crippen LogP contribution in [0.3, 0.4) is 0 Å². The van der Waals surface area contributed by atoms with Crippen molar-refractivity contribution < 1.29 is 19.1 Å². The summed E-state index contributed by atoms with van der Waals surface area (Å²) < 4.78 is 9.97. The minimum atomic E-state index is -0.613. The summed E-state index contributed by atoms with van der Waals surface area (Å²) >= 11 is 6.83. The van der Waals surface area contributed by atoms with Crippen LogP contribution in [-0.4, -0.2) is 34.1 Å². The number of ether oxygens (including phenoxy) is 2. The lowest BCUT2D eigenvalue weighted by Crippen LogP contribution is -2.22. The maximum absolute atomic E-state index is 11.8. The molecular formula is C20H22O4S2. The number of hydrogen-bond acceptors (Lipinski definition) is 6. The van der Waals surface area contributed by atoms with Crippen LogP contribution in [-0.2, 0) is 19.1 Å². The molecule has 0 N–H and O–H groups in total. The van der Waals surface area contributed by atoms with E-state index in [-0.39, 0.29) is 19.6 Å². The van der Waals surface area contributed by atoms with Gasteiger partial charge in [-0.15, -0.1) is 6.42 Å². The highest BCUT2D eigenvalue weighted by Gasteiger charge is 2.26. The molecule has 1 unspecified atom stereocenters. The van der Waals surface area contributed by atoms with Crippen molar-refractivity contribution in [2.45, 2.75) is 31.4 Å². The molecule has 0 aliphatic carbocycles. The molecule has 0 aliphatic rings. The molecule has 1 aromatic rings. The van der Waals surface area contributed by atoms with Gasteiger partial charge in [-0.1, -0.05) is 66.8 Å². The zero-order chi connectivity index (χ0) is 19.6. The molecule has 0 fully saturated rings. The highest BCUT2D eigenvalue weighted by atomic mass is 32.2. The number of esters is 2. The van der Waals surface area contributed by atoms with E-state index in [0.29, 0.717) is 16.2 Å². The Morgan fingerprint density at radius 3 is 2.46 bits per heavy atom. The van der Waals surface area contributed by atoms with Crippen molar-refractivity contribution in [3.63, 3.8) is 0 Å². The monoisotopic (exact) mass is 390 g/mol. The molecule has 0 aliphatic heterocycles. The first-order valence-corrected chi connectivity index (χ1v) is 9.24. The molecule has 1 rings (SSSR count). The van der Waals surface area contributed by atoms with Gasteiger partial charge in [-0.3, -0.25) is 4.79 Å². The number of thiocarbonyl (C=S) groups is 1. The van der Waals surface area contributed by atoms with Gasteiger partial charge in [-0.25, -0.2) is 4.79 Å². The van der Waals surface area contributed by atoms with Crippen LogP contribution in [0.4, 0.5) is 0 Å². The minimum absolute atomic E-state index is 0.000190. The molecule has 26 heavy (non-hydrogen) atoms. The van der Waals surface area contributed by atoms with Crippen LogP contribution in [0.1, 0.15) is 32.3 Å². The Balaban J connectivity index is 2.41. The molecule has 0 aromatic heterocycles. The van der Waals surface area contributed by atoms with Crippen molar-refractivity contribution >= 4 is 40.1 Å². The van der Waals surface area contributed by atoms with Gasteiger partial charge >= 0.3 is 11.9 Å². The maximum Gasteiger partial charge on any atom is 0.333 e. The van der Waals surface area contributed by atoms with Crippen molar-refractivity contribution in [1.82, 2.24) is 0 Å². The standard InChI is InChI=1S/C20H22O4S2/c1-5-20(4,26-19(25)16-9-7-6-8-10-16)12-11-17(21)23-13-14-24-18(22)15(2)3/h1,6-10H,2,11-14H2,3-4H3. The smallest absolute Gasteiger partial charge is 0.333 e. The van der Waals surface area contributed by atoms with E-state index >= 15 is 0 Å². The molecule has 0 bridgehead atoms. The van der Waals surface area contributed by atoms with Gasteiger partial charge < -0.3 is 9.47 Å². The van der Waals surface area contributed by atoms with E-state index in [1.807, 2.05) is 37.3 Å². The fourth-order valence-electron chi connectivity index (χ4n) is 1.82. The highest BCUT2D eigenvalue weighted by molar-refractivity contribution is 8.24. The van der Waals surface area contributed by atoms with Crippen LogP contribution in [0.25, 0.3) is 0 Å². The van der Waals surface area contributed by atoms with Gasteiger partial charge in [0.25, 0.3) is 0 Å². The van der Waals surface area contributed by atoms with E-state index in [2.05, 4.69) is 12.5 Å². The predicted octanol–water partition coefficient (Wildman–Crippen LogP) is 3.93. The number of carbonyl (C=O) groups excluding carboxylic acids is 2. The summed E-state index contributed by atoms with van der Waals surface area (Å²) in [7, 11) is 0. The van der Waals surface area contributed by atoms with Gasteiger partial charge in [0, 0.05) is 12.0 Å². The molecule has 0 spiro atoms. The third-order valence-corrected chi connectivity index (χ3v) is 5.05. The summed E-state index contributed by atoms with van der Waals surface area (Å²) in [5, 5.41) is 0. The summed E-state index contributed by atoms with van der Waals surface area (Å²) in [6.07, 6.45) is 6.23. The van der Waals surface area contributed by atoms with Crippen molar-refractivity contribution in [2.24, 2.45) is 0 Å². The minimum Gasteiger partial charge on any atom is -0.462 e. The van der Waals surface area contributed by atoms with E-state index in [9.17, 15) is 9.59 Å². The number of benzene rings is 1. The number of terminal acetylenes is 1. The summed E-state index contributed by atoms with van der Waals surface area (Å²) in [5.74, 6) is 1.81. The van der Waals surface area contributed by atoms with E-state index < -0.39 is 16.7 Å². The van der Waals surface area contributed by atoms with Crippen LogP contribution < -0.4 is 0 Å². The lowest BCUT2D eigenvalue weighted by Gasteiger charge is -2.23. The summed E-state index contributed by atoms with van der Waals surface area (Å²) in [5.41, 5.74) is 1.23. The lowest BCUT2D eigenvalue weighted by molar-refractivity contribution is -0.150. The van der Waals surface area contributed by atoms with E-state index in [1.54, 1.807) is 6.92 Å². The Kier molecular flexibility index (Phi) is 9.11. The Morgan fingerprint density at radius 1 is 1.27 bits per heavy atom. The summed E-state index contributed by atoms with van der Waals surface area (Å²) in [4.78, 5) is 23.1. The maximum atomic E-state index is 11.8. The fourth-order valence-corrected chi connectivity index (χ4v) is 3.43. The first-order valence-electron chi connectivity index (χ1n) is 8.02. The third kappa shape index (κ3) is 7.85. The molecule has 1 aromatic carbocycles. The van der Waals surface area contributed by atoms with Crippen LogP contribution in [0.15, 0.2) is 42.5 Å². The number of hydrogen-bond donors (Lipinski definition) is 0. The zero-order valence-electron chi connectivity index (χ0n) is 14.9. The number of carbonyl (C=O) groups is 2. The Hall–Kier alpha value is -2.10. The topological polar surface area (TPSA) is 52.6 Å². The SMILES string of the molecule is C#CC(C)(CCC(=O)OCCOC(=O)C(=C)C)SC(=S)c1ccccc1. The van der Waals surface area contributed by atoms with Crippen molar-refractivity contribution in [3.05, 3.63) is 48.0 Å². The van der Waals surface area contributed by atoms with Gasteiger partial charge in [0.2, 0.25) is 0 Å². The average Bonchev–Trinajstić information content (AvgIpc) is 2.64. The zero-order valence-corrected chi connectivity index (χ0v) is 16.6. The van der Waals surface area contributed by atoms with Crippen LogP contribution in [0.5, 0.6) is 0 Å². The second-order valence-electron chi connectivity index (χ2n) is 5.77. The Bertz CT molecular complexity index is 706. The van der Waals surface area contributed by atoms with Gasteiger partial charge in [-0.05, 0) is 25.8 Å². The first-order chi connectivity index (χ1) is 12.3. The molecule has 0 amide bonds. The van der Waals surface area contributed by atoms with E-state index in [0.717, 1.165) is 5.56 Å². The van der Waals surface area contributed by atoms with Crippen LogP contribution in [0.2, 0.25) is 0 Å². The van der Waals surface area contributed by atoms with Crippen molar-refractivity contribution in [3.8, 4) is 12.3 Å². The largest absolute Gasteiger partial charge is 0.462 e. The predicted molar refractivity (Wildman–Crippen MR) is 109 cm³/mol. The van der Waals surface area contributed by atoms with E-state index in [4.69, 9.17) is 28.1 Å².